The van der Waals surface area contributed by atoms with Gasteiger partial charge in [0.15, 0.2) is 0 Å². The number of rotatable bonds is 0. The molecule has 0 atom stereocenters. The van der Waals surface area contributed by atoms with Crippen LogP contribution in [0.3, 0.4) is 0 Å². The molecule has 0 nitrogen and oxygen atoms in total. The van der Waals surface area contributed by atoms with E-state index in [1.165, 1.54) is 30.8 Å². The molecule has 0 unspecified atom stereocenters. The summed E-state index contributed by atoms with van der Waals surface area (Å²) < 4.78 is 0. The molecule has 2 heterocycles. The highest BCUT2D eigenvalue weighted by Gasteiger charge is 2.10. The molecule has 0 saturated heterocycles. The summed E-state index contributed by atoms with van der Waals surface area (Å²) in [5, 5.41) is 0. The Kier molecular flexibility index (Phi) is 3.50. The Hall–Kier alpha value is -0.600. The van der Waals surface area contributed by atoms with Gasteiger partial charge in [0.1, 0.15) is 0 Å². The van der Waals surface area contributed by atoms with Gasteiger partial charge in [0, 0.05) is 0 Å². The van der Waals surface area contributed by atoms with Crippen molar-refractivity contribution in [3.05, 3.63) is 55.1 Å². The molecule has 16 heavy (non-hydrogen) atoms. The highest BCUT2D eigenvalue weighted by atomic mass is 32.2. The van der Waals surface area contributed by atoms with Gasteiger partial charge >= 0.3 is 0 Å². The second kappa shape index (κ2) is 4.72. The van der Waals surface area contributed by atoms with Crippen molar-refractivity contribution >= 4 is 23.5 Å². The molecule has 0 radical (unpaired) electrons. The molecule has 0 fully saturated rings. The van der Waals surface area contributed by atoms with Crippen LogP contribution in [0.1, 0.15) is 27.7 Å². The third-order valence-corrected chi connectivity index (χ3v) is 4.17. The Morgan fingerprint density at radius 1 is 0.562 bits per heavy atom. The van der Waals surface area contributed by atoms with E-state index >= 15 is 0 Å². The predicted molar refractivity (Wildman–Crippen MR) is 77.2 cm³/mol. The van der Waals surface area contributed by atoms with Crippen LogP contribution in [-0.4, -0.2) is 0 Å². The van der Waals surface area contributed by atoms with E-state index in [9.17, 15) is 0 Å². The molecule has 2 rings (SSSR count). The van der Waals surface area contributed by atoms with Crippen LogP contribution in [0.25, 0.3) is 0 Å². The maximum Gasteiger partial charge on any atom is -0.0131 e. The normalized spacial score (nSPS) is 21.2. The molecule has 2 aliphatic heterocycles. The van der Waals surface area contributed by atoms with Gasteiger partial charge < -0.3 is 0 Å². The Balaban J connectivity index is 2.48. The van der Waals surface area contributed by atoms with Crippen LogP contribution < -0.4 is 0 Å². The van der Waals surface area contributed by atoms with E-state index in [1.807, 2.05) is 23.5 Å². The fourth-order valence-corrected chi connectivity index (χ4v) is 3.68. The van der Waals surface area contributed by atoms with Crippen molar-refractivity contribution in [2.45, 2.75) is 27.7 Å². The van der Waals surface area contributed by atoms with E-state index in [0.29, 0.717) is 0 Å². The summed E-state index contributed by atoms with van der Waals surface area (Å²) in [7, 11) is 0. The molecule has 0 spiro atoms. The fourth-order valence-electron chi connectivity index (χ4n) is 1.92. The zero-order chi connectivity index (χ0) is 11.7. The Morgan fingerprint density at radius 3 is 1.06 bits per heavy atom. The number of hydrogen-bond acceptors (Lipinski definition) is 2. The summed E-state index contributed by atoms with van der Waals surface area (Å²) in [5.74, 6) is 0. The lowest BCUT2D eigenvalue weighted by Crippen LogP contribution is -1.92. The quantitative estimate of drug-likeness (QED) is 0.563. The van der Waals surface area contributed by atoms with E-state index in [1.54, 1.807) is 0 Å². The molecule has 2 heteroatoms. The first-order valence-electron chi connectivity index (χ1n) is 5.38. The molecule has 0 amide bonds. The van der Waals surface area contributed by atoms with Gasteiger partial charge in [-0.05, 0) is 82.8 Å². The first kappa shape index (κ1) is 11.9. The van der Waals surface area contributed by atoms with Gasteiger partial charge in [-0.15, -0.1) is 0 Å². The average Bonchev–Trinajstić information content (AvgIpc) is 2.14. The SMILES string of the molecule is CC1=CC(=C2C=C(C)SC(C)=C2)C=C(C)S1. The van der Waals surface area contributed by atoms with Crippen LogP contribution in [-0.2, 0) is 0 Å². The van der Waals surface area contributed by atoms with Crippen LogP contribution in [0.2, 0.25) is 0 Å². The van der Waals surface area contributed by atoms with Gasteiger partial charge in [0.25, 0.3) is 0 Å². The predicted octanol–water partition coefficient (Wildman–Crippen LogP) is 5.39. The van der Waals surface area contributed by atoms with Crippen LogP contribution >= 0.6 is 23.5 Å². The van der Waals surface area contributed by atoms with Crippen molar-refractivity contribution < 1.29 is 0 Å². The average molecular weight is 248 g/mol. The summed E-state index contributed by atoms with van der Waals surface area (Å²) in [6.45, 7) is 8.69. The summed E-state index contributed by atoms with van der Waals surface area (Å²) in [6, 6.07) is 0. The smallest absolute Gasteiger partial charge is 0.0131 e. The van der Waals surface area contributed by atoms with Crippen LogP contribution in [0.4, 0.5) is 0 Å². The van der Waals surface area contributed by atoms with Crippen molar-refractivity contribution in [2.75, 3.05) is 0 Å². The van der Waals surface area contributed by atoms with Gasteiger partial charge in [0.05, 0.1) is 0 Å². The van der Waals surface area contributed by atoms with Crippen LogP contribution in [0, 0.1) is 0 Å². The maximum atomic E-state index is 2.27. The zero-order valence-electron chi connectivity index (χ0n) is 10.1. The number of thioether (sulfide) groups is 2. The van der Waals surface area contributed by atoms with Gasteiger partial charge in [-0.3, -0.25) is 0 Å². The molecular weight excluding hydrogens is 232 g/mol. The lowest BCUT2D eigenvalue weighted by molar-refractivity contribution is 1.44. The second-order valence-electron chi connectivity index (χ2n) is 4.13. The Labute approximate surface area is 106 Å². The van der Waals surface area contributed by atoms with Crippen molar-refractivity contribution in [2.24, 2.45) is 0 Å². The van der Waals surface area contributed by atoms with E-state index in [4.69, 9.17) is 0 Å². The van der Waals surface area contributed by atoms with Gasteiger partial charge in [-0.2, -0.15) is 0 Å². The molecule has 0 saturated carbocycles. The summed E-state index contributed by atoms with van der Waals surface area (Å²) in [4.78, 5) is 5.49. The summed E-state index contributed by atoms with van der Waals surface area (Å²) >= 11 is 3.70. The molecule has 0 bridgehead atoms. The topological polar surface area (TPSA) is 0 Å². The monoisotopic (exact) mass is 248 g/mol. The molecule has 0 aromatic heterocycles. The van der Waals surface area contributed by atoms with E-state index in [0.717, 1.165) is 0 Å². The van der Waals surface area contributed by atoms with Crippen molar-refractivity contribution in [3.63, 3.8) is 0 Å². The standard InChI is InChI=1S/C14H16S2/c1-9-5-13(6-10(2)15-9)14-7-11(3)16-12(4)8-14/h5-8H,1-4H3. The van der Waals surface area contributed by atoms with Crippen molar-refractivity contribution in [1.29, 1.82) is 0 Å². The minimum absolute atomic E-state index is 1.34. The van der Waals surface area contributed by atoms with E-state index in [-0.39, 0.29) is 0 Å². The van der Waals surface area contributed by atoms with Gasteiger partial charge in [-0.25, -0.2) is 0 Å². The van der Waals surface area contributed by atoms with Gasteiger partial charge in [-0.1, -0.05) is 23.5 Å². The minimum Gasteiger partial charge on any atom is -0.0996 e. The molecule has 2 aliphatic rings. The molecule has 0 aromatic carbocycles. The minimum atomic E-state index is 1.34. The molecular formula is C14H16S2. The number of allylic oxidation sites excluding steroid dienone is 10. The highest BCUT2D eigenvalue weighted by molar-refractivity contribution is 8.07. The summed E-state index contributed by atoms with van der Waals surface area (Å²) in [5.41, 5.74) is 2.68. The first-order chi connectivity index (χ1) is 7.54. The lowest BCUT2D eigenvalue weighted by atomic mass is 10.1. The van der Waals surface area contributed by atoms with Crippen molar-refractivity contribution in [1.82, 2.24) is 0 Å². The lowest BCUT2D eigenvalue weighted by Gasteiger charge is -2.15. The Bertz CT molecular complexity index is 387. The molecule has 84 valence electrons. The van der Waals surface area contributed by atoms with Gasteiger partial charge in [0.2, 0.25) is 0 Å². The van der Waals surface area contributed by atoms with Crippen LogP contribution in [0.5, 0.6) is 0 Å². The maximum absolute atomic E-state index is 2.27. The molecule has 0 aromatic rings. The highest BCUT2D eigenvalue weighted by Crippen LogP contribution is 2.37. The fraction of sp³-hybridized carbons (Fsp3) is 0.286. The third kappa shape index (κ3) is 2.74. The van der Waals surface area contributed by atoms with Crippen molar-refractivity contribution in [3.8, 4) is 0 Å². The second-order valence-corrected chi connectivity index (χ2v) is 7.12. The summed E-state index contributed by atoms with van der Waals surface area (Å²) in [6.07, 6.45) is 9.10. The largest absolute Gasteiger partial charge is 0.0996 e. The third-order valence-electron chi connectivity index (χ3n) is 2.41. The Morgan fingerprint density at radius 2 is 0.812 bits per heavy atom. The first-order valence-corrected chi connectivity index (χ1v) is 7.01. The zero-order valence-corrected chi connectivity index (χ0v) is 11.8. The van der Waals surface area contributed by atoms with Crippen LogP contribution in [0.15, 0.2) is 55.1 Å². The number of hydrogen-bond donors (Lipinski definition) is 0. The molecule has 0 N–H and O–H groups in total. The van der Waals surface area contributed by atoms with E-state index in [2.05, 4.69) is 52.0 Å². The molecule has 0 aliphatic carbocycles. The van der Waals surface area contributed by atoms with E-state index < -0.39 is 0 Å².